The lowest BCUT2D eigenvalue weighted by Crippen LogP contribution is -2.42. The minimum absolute atomic E-state index is 0.122. The number of benzene rings is 1. The van der Waals surface area contributed by atoms with Gasteiger partial charge in [0.15, 0.2) is 0 Å². The van der Waals surface area contributed by atoms with Gasteiger partial charge in [-0.25, -0.2) is 0 Å². The molecule has 94 valence electrons. The van der Waals surface area contributed by atoms with Gasteiger partial charge >= 0.3 is 0 Å². The lowest BCUT2D eigenvalue weighted by molar-refractivity contribution is -0.148. The lowest BCUT2D eigenvalue weighted by atomic mass is 9.82. The molecule has 1 aliphatic heterocycles. The van der Waals surface area contributed by atoms with Crippen LogP contribution in [0.15, 0.2) is 36.5 Å². The number of amides is 2. The van der Waals surface area contributed by atoms with Crippen LogP contribution in [0.2, 0.25) is 0 Å². The number of carbonyl (C=O) groups excluding carboxylic acids is 2. The number of hydrogen-bond acceptors (Lipinski definition) is 2. The van der Waals surface area contributed by atoms with Gasteiger partial charge in [-0.3, -0.25) is 14.5 Å². The largest absolute Gasteiger partial charge is 0.274 e. The van der Waals surface area contributed by atoms with Crippen LogP contribution in [0.1, 0.15) is 32.3 Å². The third-order valence-corrected chi connectivity index (χ3v) is 3.01. The summed E-state index contributed by atoms with van der Waals surface area (Å²) < 4.78 is 0. The molecule has 0 unspecified atom stereocenters. The molecule has 1 aliphatic rings. The second kappa shape index (κ2) is 4.77. The predicted molar refractivity (Wildman–Crippen MR) is 70.3 cm³/mol. The van der Waals surface area contributed by atoms with E-state index in [1.807, 2.05) is 44.2 Å². The molecule has 1 heterocycles. The fourth-order valence-electron chi connectivity index (χ4n) is 2.08. The molecule has 3 heteroatoms. The van der Waals surface area contributed by atoms with Crippen LogP contribution in [-0.4, -0.2) is 16.7 Å². The summed E-state index contributed by atoms with van der Waals surface area (Å²) in [7, 11) is 0. The van der Waals surface area contributed by atoms with Gasteiger partial charge in [0.05, 0.1) is 0 Å². The molecule has 2 amide bonds. The highest BCUT2D eigenvalue weighted by Crippen LogP contribution is 2.31. The van der Waals surface area contributed by atoms with Gasteiger partial charge < -0.3 is 0 Å². The second-order valence-electron chi connectivity index (χ2n) is 5.40. The molecule has 0 spiro atoms. The van der Waals surface area contributed by atoms with E-state index in [9.17, 15) is 9.59 Å². The Morgan fingerprint density at radius 3 is 2.17 bits per heavy atom. The Kier molecular flexibility index (Phi) is 3.32. The molecule has 0 bridgehead atoms. The third-order valence-electron chi connectivity index (χ3n) is 3.01. The van der Waals surface area contributed by atoms with Crippen molar-refractivity contribution in [1.82, 2.24) is 4.90 Å². The summed E-state index contributed by atoms with van der Waals surface area (Å²) in [5.41, 5.74) is 0.758. The van der Waals surface area contributed by atoms with Crippen LogP contribution >= 0.6 is 0 Å². The van der Waals surface area contributed by atoms with Gasteiger partial charge in [0, 0.05) is 19.0 Å². The zero-order valence-electron chi connectivity index (χ0n) is 10.7. The normalized spacial score (nSPS) is 19.6. The zero-order valence-corrected chi connectivity index (χ0v) is 10.7. The van der Waals surface area contributed by atoms with Gasteiger partial charge in [-0.05, 0) is 17.1 Å². The number of hydrogen-bond donors (Lipinski definition) is 0. The average molecular weight is 243 g/mol. The first-order chi connectivity index (χ1) is 8.48. The van der Waals surface area contributed by atoms with Crippen LogP contribution in [0.3, 0.4) is 0 Å². The molecule has 0 saturated carbocycles. The summed E-state index contributed by atoms with van der Waals surface area (Å²) in [6, 6.07) is 9.63. The van der Waals surface area contributed by atoms with E-state index in [4.69, 9.17) is 0 Å². The molecule has 1 aromatic rings. The zero-order chi connectivity index (χ0) is 13.2. The first-order valence-electron chi connectivity index (χ1n) is 6.06. The Labute approximate surface area is 107 Å². The van der Waals surface area contributed by atoms with Gasteiger partial charge in [0.2, 0.25) is 11.8 Å². The van der Waals surface area contributed by atoms with E-state index in [2.05, 4.69) is 0 Å². The van der Waals surface area contributed by atoms with Gasteiger partial charge in [0.1, 0.15) is 0 Å². The number of nitrogens with zero attached hydrogens (tertiary/aromatic N) is 1. The van der Waals surface area contributed by atoms with Gasteiger partial charge in [-0.2, -0.15) is 0 Å². The maximum atomic E-state index is 11.9. The van der Waals surface area contributed by atoms with E-state index in [0.717, 1.165) is 5.56 Å². The van der Waals surface area contributed by atoms with E-state index in [1.54, 1.807) is 12.3 Å². The highest BCUT2D eigenvalue weighted by atomic mass is 16.2. The second-order valence-corrected chi connectivity index (χ2v) is 5.40. The van der Waals surface area contributed by atoms with E-state index < -0.39 is 0 Å². The Morgan fingerprint density at radius 1 is 1.06 bits per heavy atom. The monoisotopic (exact) mass is 243 g/mol. The van der Waals surface area contributed by atoms with Gasteiger partial charge in [-0.1, -0.05) is 44.2 Å². The van der Waals surface area contributed by atoms with Crippen molar-refractivity contribution in [3.05, 3.63) is 42.1 Å². The topological polar surface area (TPSA) is 37.4 Å². The van der Waals surface area contributed by atoms with E-state index in [0.29, 0.717) is 12.8 Å². The highest BCUT2D eigenvalue weighted by Gasteiger charge is 2.36. The Balaban J connectivity index is 2.13. The van der Waals surface area contributed by atoms with Crippen LogP contribution in [0.25, 0.3) is 6.08 Å². The lowest BCUT2D eigenvalue weighted by Gasteiger charge is -2.32. The maximum Gasteiger partial charge on any atom is 0.233 e. The summed E-state index contributed by atoms with van der Waals surface area (Å²) in [6.45, 7) is 3.89. The molecule has 0 radical (unpaired) electrons. The van der Waals surface area contributed by atoms with Crippen molar-refractivity contribution in [3.8, 4) is 0 Å². The van der Waals surface area contributed by atoms with Crippen molar-refractivity contribution < 1.29 is 9.59 Å². The van der Waals surface area contributed by atoms with Crippen molar-refractivity contribution >= 4 is 17.9 Å². The van der Waals surface area contributed by atoms with Crippen LogP contribution in [0, 0.1) is 5.41 Å². The molecule has 0 atom stereocenters. The molecule has 0 aromatic heterocycles. The molecule has 0 N–H and O–H groups in total. The first-order valence-corrected chi connectivity index (χ1v) is 6.06. The number of likely N-dealkylation sites (tertiary alicyclic amines) is 1. The summed E-state index contributed by atoms with van der Waals surface area (Å²) >= 11 is 0. The van der Waals surface area contributed by atoms with Gasteiger partial charge in [-0.15, -0.1) is 0 Å². The number of carbonyl (C=O) groups is 2. The quantitative estimate of drug-likeness (QED) is 0.749. The molecule has 18 heavy (non-hydrogen) atoms. The van der Waals surface area contributed by atoms with Crippen molar-refractivity contribution in [1.29, 1.82) is 0 Å². The van der Waals surface area contributed by atoms with Crippen LogP contribution < -0.4 is 0 Å². The maximum absolute atomic E-state index is 11.9. The molecule has 1 fully saturated rings. The third kappa shape index (κ3) is 2.86. The molecule has 2 rings (SSSR count). The number of rotatable bonds is 2. The van der Waals surface area contributed by atoms with Crippen molar-refractivity contribution in [2.75, 3.05) is 0 Å². The minimum Gasteiger partial charge on any atom is -0.274 e. The standard InChI is InChI=1S/C15H17NO2/c1-15(2)10-13(17)16(14(18)11-15)9-8-12-6-4-3-5-7-12/h3-9H,10-11H2,1-2H3. The molecule has 0 aliphatic carbocycles. The van der Waals surface area contributed by atoms with Crippen LogP contribution in [0.5, 0.6) is 0 Å². The summed E-state index contributed by atoms with van der Waals surface area (Å²) in [4.78, 5) is 25.0. The summed E-state index contributed by atoms with van der Waals surface area (Å²) in [5, 5.41) is 0. The summed E-state index contributed by atoms with van der Waals surface area (Å²) in [5.74, 6) is -0.244. The van der Waals surface area contributed by atoms with Gasteiger partial charge in [0.25, 0.3) is 0 Å². The van der Waals surface area contributed by atoms with E-state index in [-0.39, 0.29) is 17.2 Å². The van der Waals surface area contributed by atoms with E-state index >= 15 is 0 Å². The number of imide groups is 1. The average Bonchev–Trinajstić information content (AvgIpc) is 2.27. The molecule has 1 aromatic carbocycles. The smallest absolute Gasteiger partial charge is 0.233 e. The molecular formula is C15H17NO2. The molecule has 1 saturated heterocycles. The van der Waals surface area contributed by atoms with Crippen LogP contribution in [0.4, 0.5) is 0 Å². The molecular weight excluding hydrogens is 226 g/mol. The Hall–Kier alpha value is -1.90. The van der Waals surface area contributed by atoms with Crippen LogP contribution in [-0.2, 0) is 9.59 Å². The Bertz CT molecular complexity index is 468. The molecule has 3 nitrogen and oxygen atoms in total. The first kappa shape index (κ1) is 12.6. The summed E-state index contributed by atoms with van der Waals surface area (Å²) in [6.07, 6.45) is 4.19. The minimum atomic E-state index is -0.217. The van der Waals surface area contributed by atoms with E-state index in [1.165, 1.54) is 4.90 Å². The van der Waals surface area contributed by atoms with Crippen molar-refractivity contribution in [2.45, 2.75) is 26.7 Å². The fraction of sp³-hybridized carbons (Fsp3) is 0.333. The SMILES string of the molecule is CC1(C)CC(=O)N(C=Cc2ccccc2)C(=O)C1. The fourth-order valence-corrected chi connectivity index (χ4v) is 2.08. The highest BCUT2D eigenvalue weighted by molar-refractivity contribution is 6.00. The van der Waals surface area contributed by atoms with Crippen molar-refractivity contribution in [2.24, 2.45) is 5.41 Å². The predicted octanol–water partition coefficient (Wildman–Crippen LogP) is 2.83. The number of piperidine rings is 1. The Morgan fingerprint density at radius 2 is 1.61 bits per heavy atom. The van der Waals surface area contributed by atoms with Crippen molar-refractivity contribution in [3.63, 3.8) is 0 Å².